The predicted octanol–water partition coefficient (Wildman–Crippen LogP) is 7.45. The van der Waals surface area contributed by atoms with E-state index in [0.29, 0.717) is 32.7 Å². The van der Waals surface area contributed by atoms with Crippen molar-refractivity contribution in [3.63, 3.8) is 0 Å². The highest BCUT2D eigenvalue weighted by atomic mass is 35.5. The van der Waals surface area contributed by atoms with E-state index in [4.69, 9.17) is 27.6 Å². The van der Waals surface area contributed by atoms with Crippen LogP contribution in [0.15, 0.2) is 65.1 Å². The summed E-state index contributed by atoms with van der Waals surface area (Å²) in [6.07, 6.45) is 3.16. The van der Waals surface area contributed by atoms with Crippen LogP contribution >= 0.6 is 23.2 Å². The van der Waals surface area contributed by atoms with Gasteiger partial charge >= 0.3 is 0 Å². The van der Waals surface area contributed by atoms with Crippen molar-refractivity contribution >= 4 is 35.1 Å². The Morgan fingerprint density at radius 3 is 2.33 bits per heavy atom. The Morgan fingerprint density at radius 1 is 0.963 bits per heavy atom. The Labute approximate surface area is 169 Å². The van der Waals surface area contributed by atoms with E-state index in [1.807, 2.05) is 36.4 Å². The van der Waals surface area contributed by atoms with E-state index >= 15 is 0 Å². The number of ketones is 1. The fourth-order valence-electron chi connectivity index (χ4n) is 2.67. The van der Waals surface area contributed by atoms with E-state index < -0.39 is 0 Å². The summed E-state index contributed by atoms with van der Waals surface area (Å²) in [6, 6.07) is 16.7. The molecular weight excluding hydrogens is 379 g/mol. The lowest BCUT2D eigenvalue weighted by molar-refractivity contribution is 0.104. The third-order valence-electron chi connectivity index (χ3n) is 4.28. The second-order valence-electron chi connectivity index (χ2n) is 7.33. The van der Waals surface area contributed by atoms with Gasteiger partial charge in [-0.3, -0.25) is 4.79 Å². The molecule has 3 aromatic rings. The molecule has 0 saturated heterocycles. The van der Waals surface area contributed by atoms with E-state index in [1.54, 1.807) is 24.3 Å². The molecule has 3 rings (SSSR count). The van der Waals surface area contributed by atoms with E-state index in [2.05, 4.69) is 20.8 Å². The van der Waals surface area contributed by atoms with Gasteiger partial charge in [-0.05, 0) is 47.4 Å². The van der Waals surface area contributed by atoms with Gasteiger partial charge in [0.25, 0.3) is 0 Å². The molecule has 2 nitrogen and oxygen atoms in total. The Hall–Kier alpha value is -2.29. The molecule has 2 aromatic carbocycles. The number of benzene rings is 2. The van der Waals surface area contributed by atoms with Crippen molar-refractivity contribution in [2.24, 2.45) is 0 Å². The van der Waals surface area contributed by atoms with Crippen LogP contribution in [0.4, 0.5) is 0 Å². The topological polar surface area (TPSA) is 30.2 Å². The van der Waals surface area contributed by atoms with Gasteiger partial charge in [0.1, 0.15) is 11.5 Å². The Bertz CT molecular complexity index is 990. The Kier molecular flexibility index (Phi) is 5.59. The largest absolute Gasteiger partial charge is 0.457 e. The van der Waals surface area contributed by atoms with Gasteiger partial charge in [-0.1, -0.05) is 74.3 Å². The lowest BCUT2D eigenvalue weighted by Crippen LogP contribution is -2.11. The van der Waals surface area contributed by atoms with Gasteiger partial charge in [0.15, 0.2) is 5.78 Å². The number of carbonyl (C=O) groups excluding carboxylic acids is 1. The minimum absolute atomic E-state index is 0.0591. The van der Waals surface area contributed by atoms with Gasteiger partial charge in [0, 0.05) is 11.1 Å². The highest BCUT2D eigenvalue weighted by molar-refractivity contribution is 6.43. The second-order valence-corrected chi connectivity index (χ2v) is 8.11. The number of halogens is 2. The Balaban J connectivity index is 1.76. The summed E-state index contributed by atoms with van der Waals surface area (Å²) in [7, 11) is 0. The van der Waals surface area contributed by atoms with Crippen molar-refractivity contribution in [2.45, 2.75) is 26.2 Å². The molecule has 4 heteroatoms. The smallest absolute Gasteiger partial charge is 0.185 e. The first-order valence-corrected chi connectivity index (χ1v) is 9.38. The summed E-state index contributed by atoms with van der Waals surface area (Å²) >= 11 is 12.3. The fourth-order valence-corrected chi connectivity index (χ4v) is 3.06. The number of furan rings is 1. The van der Waals surface area contributed by atoms with Gasteiger partial charge in [0.2, 0.25) is 0 Å². The number of allylic oxidation sites excluding steroid dienone is 1. The van der Waals surface area contributed by atoms with Crippen LogP contribution in [-0.4, -0.2) is 5.78 Å². The van der Waals surface area contributed by atoms with Crippen molar-refractivity contribution in [1.82, 2.24) is 0 Å². The van der Waals surface area contributed by atoms with Crippen molar-refractivity contribution in [3.05, 3.63) is 87.6 Å². The van der Waals surface area contributed by atoms with E-state index in [-0.39, 0.29) is 11.2 Å². The van der Waals surface area contributed by atoms with Crippen LogP contribution in [0, 0.1) is 0 Å². The molecule has 0 unspecified atom stereocenters. The molecular formula is C23H20Cl2O2. The summed E-state index contributed by atoms with van der Waals surface area (Å²) in [5, 5.41) is 0.913. The summed E-state index contributed by atoms with van der Waals surface area (Å²) in [5.41, 5.74) is 2.61. The molecule has 0 fully saturated rings. The molecule has 0 amide bonds. The molecule has 1 aromatic heterocycles. The quantitative estimate of drug-likeness (QED) is 0.337. The summed E-state index contributed by atoms with van der Waals surface area (Å²) < 4.78 is 5.77. The first-order chi connectivity index (χ1) is 12.8. The zero-order valence-electron chi connectivity index (χ0n) is 15.4. The normalized spacial score (nSPS) is 11.9. The minimum Gasteiger partial charge on any atom is -0.457 e. The predicted molar refractivity (Wildman–Crippen MR) is 113 cm³/mol. The maximum atomic E-state index is 12.4. The third kappa shape index (κ3) is 4.52. The maximum Gasteiger partial charge on any atom is 0.185 e. The van der Waals surface area contributed by atoms with Gasteiger partial charge in [-0.15, -0.1) is 0 Å². The molecule has 0 aliphatic heterocycles. The first-order valence-electron chi connectivity index (χ1n) is 8.63. The van der Waals surface area contributed by atoms with Crippen LogP contribution in [0.1, 0.15) is 42.5 Å². The van der Waals surface area contributed by atoms with Crippen LogP contribution in [0.2, 0.25) is 10.0 Å². The number of carbonyl (C=O) groups is 1. The molecule has 0 atom stereocenters. The van der Waals surface area contributed by atoms with Gasteiger partial charge < -0.3 is 4.42 Å². The summed E-state index contributed by atoms with van der Waals surface area (Å²) in [6.45, 7) is 6.43. The lowest BCUT2D eigenvalue weighted by Gasteiger charge is -2.18. The second kappa shape index (κ2) is 7.75. The van der Waals surface area contributed by atoms with Crippen LogP contribution in [0.3, 0.4) is 0 Å². The van der Waals surface area contributed by atoms with Crippen molar-refractivity contribution in [3.8, 4) is 11.3 Å². The van der Waals surface area contributed by atoms with Gasteiger partial charge in [-0.25, -0.2) is 0 Å². The highest BCUT2D eigenvalue weighted by Gasteiger charge is 2.14. The van der Waals surface area contributed by atoms with Crippen LogP contribution in [-0.2, 0) is 5.41 Å². The molecule has 0 aliphatic rings. The molecule has 0 N–H and O–H groups in total. The lowest BCUT2D eigenvalue weighted by atomic mass is 9.86. The fraction of sp³-hybridized carbons (Fsp3) is 0.174. The maximum absolute atomic E-state index is 12.4. The molecule has 27 heavy (non-hydrogen) atoms. The standard InChI is InChI=1S/C23H20Cl2O2/c1-23(2,3)16-9-7-15(8-10-16)20(26)13-11-17-12-14-21(27-17)18-5-4-6-19(24)22(18)25/h4-14H,1-3H3. The molecule has 0 spiro atoms. The minimum atomic E-state index is -0.0748. The number of hydrogen-bond donors (Lipinski definition) is 0. The van der Waals surface area contributed by atoms with Gasteiger partial charge in [-0.2, -0.15) is 0 Å². The zero-order valence-corrected chi connectivity index (χ0v) is 16.9. The molecule has 0 bridgehead atoms. The third-order valence-corrected chi connectivity index (χ3v) is 5.10. The highest BCUT2D eigenvalue weighted by Crippen LogP contribution is 2.34. The SMILES string of the molecule is CC(C)(C)c1ccc(C(=O)C=Cc2ccc(-c3cccc(Cl)c3Cl)o2)cc1. The van der Waals surface area contributed by atoms with E-state index in [0.717, 1.165) is 0 Å². The van der Waals surface area contributed by atoms with E-state index in [1.165, 1.54) is 11.6 Å². The first kappa shape index (κ1) is 19.5. The average Bonchev–Trinajstić information content (AvgIpc) is 3.10. The number of rotatable bonds is 4. The molecule has 0 aliphatic carbocycles. The van der Waals surface area contributed by atoms with Crippen LogP contribution in [0.5, 0.6) is 0 Å². The molecule has 138 valence electrons. The number of hydrogen-bond acceptors (Lipinski definition) is 2. The Morgan fingerprint density at radius 2 is 1.67 bits per heavy atom. The average molecular weight is 399 g/mol. The molecule has 0 radical (unpaired) electrons. The summed E-state index contributed by atoms with van der Waals surface area (Å²) in [4.78, 5) is 12.4. The van der Waals surface area contributed by atoms with Crippen molar-refractivity contribution < 1.29 is 9.21 Å². The van der Waals surface area contributed by atoms with Crippen LogP contribution in [0.25, 0.3) is 17.4 Å². The molecule has 0 saturated carbocycles. The van der Waals surface area contributed by atoms with E-state index in [9.17, 15) is 4.79 Å². The van der Waals surface area contributed by atoms with Gasteiger partial charge in [0.05, 0.1) is 10.0 Å². The monoisotopic (exact) mass is 398 g/mol. The van der Waals surface area contributed by atoms with Crippen LogP contribution < -0.4 is 0 Å². The summed E-state index contributed by atoms with van der Waals surface area (Å²) in [5.74, 6) is 1.10. The zero-order chi connectivity index (χ0) is 19.6. The van der Waals surface area contributed by atoms with Crippen molar-refractivity contribution in [2.75, 3.05) is 0 Å². The molecule has 1 heterocycles. The van der Waals surface area contributed by atoms with Crippen molar-refractivity contribution in [1.29, 1.82) is 0 Å².